The predicted octanol–water partition coefficient (Wildman–Crippen LogP) is 4.81. The number of benzene rings is 1. The Balaban J connectivity index is 2.70. The molecule has 0 aliphatic carbocycles. The molecule has 0 amide bonds. The molecular formula is C15H23BrN2O2. The number of unbranched alkanes of at least 4 members (excludes halogenated alkanes) is 1. The molecule has 1 unspecified atom stereocenters. The van der Waals surface area contributed by atoms with Crippen molar-refractivity contribution in [3.05, 3.63) is 38.3 Å². The summed E-state index contributed by atoms with van der Waals surface area (Å²) < 4.78 is 0.875. The Morgan fingerprint density at radius 1 is 1.30 bits per heavy atom. The number of nitrogens with one attached hydrogen (secondary N) is 1. The molecule has 112 valence electrons. The van der Waals surface area contributed by atoms with Crippen LogP contribution in [-0.4, -0.2) is 11.0 Å². The molecule has 0 radical (unpaired) electrons. The van der Waals surface area contributed by atoms with Crippen LogP contribution in [0.25, 0.3) is 0 Å². The summed E-state index contributed by atoms with van der Waals surface area (Å²) in [5.74, 6) is 0. The van der Waals surface area contributed by atoms with Crippen molar-refractivity contribution in [1.29, 1.82) is 0 Å². The monoisotopic (exact) mass is 342 g/mol. The van der Waals surface area contributed by atoms with E-state index < -0.39 is 0 Å². The van der Waals surface area contributed by atoms with E-state index in [9.17, 15) is 10.1 Å². The maximum absolute atomic E-state index is 11.0. The minimum atomic E-state index is -0.315. The summed E-state index contributed by atoms with van der Waals surface area (Å²) in [6, 6.07) is 5.54. The quantitative estimate of drug-likeness (QED) is 0.517. The predicted molar refractivity (Wildman–Crippen MR) is 85.9 cm³/mol. The molecule has 1 aromatic rings. The number of hydrogen-bond acceptors (Lipinski definition) is 3. The minimum Gasteiger partial charge on any atom is -0.310 e. The fourth-order valence-corrected chi connectivity index (χ4v) is 2.68. The van der Waals surface area contributed by atoms with Gasteiger partial charge in [-0.1, -0.05) is 49.0 Å². The first-order valence-electron chi connectivity index (χ1n) is 7.24. The highest BCUT2D eigenvalue weighted by molar-refractivity contribution is 9.10. The standard InChI is InChI=1S/C15H23BrN2O2/c1-3-5-7-14(6-4-2)17-11-12-10-13(16)8-9-15(12)18(19)20/h8-10,14,17H,3-7,11H2,1-2H3. The van der Waals surface area contributed by atoms with E-state index in [0.29, 0.717) is 12.6 Å². The van der Waals surface area contributed by atoms with Crippen LogP contribution in [0.1, 0.15) is 51.5 Å². The van der Waals surface area contributed by atoms with E-state index in [1.54, 1.807) is 12.1 Å². The number of hydrogen-bond donors (Lipinski definition) is 1. The second-order valence-electron chi connectivity index (χ2n) is 5.04. The molecule has 1 aromatic carbocycles. The van der Waals surface area contributed by atoms with Gasteiger partial charge in [0.1, 0.15) is 0 Å². The SMILES string of the molecule is CCCCC(CCC)NCc1cc(Br)ccc1[N+](=O)[O-]. The van der Waals surface area contributed by atoms with E-state index >= 15 is 0 Å². The third-order valence-corrected chi connectivity index (χ3v) is 3.86. The number of nitro benzene ring substituents is 1. The van der Waals surface area contributed by atoms with Gasteiger partial charge in [0.2, 0.25) is 0 Å². The van der Waals surface area contributed by atoms with Crippen LogP contribution in [0.5, 0.6) is 0 Å². The molecule has 1 atom stereocenters. The molecule has 0 spiro atoms. The summed E-state index contributed by atoms with van der Waals surface area (Å²) in [7, 11) is 0. The van der Waals surface area contributed by atoms with Gasteiger partial charge in [0, 0.05) is 28.7 Å². The molecule has 0 saturated carbocycles. The lowest BCUT2D eigenvalue weighted by molar-refractivity contribution is -0.385. The summed E-state index contributed by atoms with van der Waals surface area (Å²) in [5.41, 5.74) is 0.924. The third kappa shape index (κ3) is 5.59. The fraction of sp³-hybridized carbons (Fsp3) is 0.600. The van der Waals surface area contributed by atoms with E-state index in [2.05, 4.69) is 35.1 Å². The van der Waals surface area contributed by atoms with Crippen molar-refractivity contribution in [2.45, 2.75) is 58.5 Å². The van der Waals surface area contributed by atoms with E-state index in [1.165, 1.54) is 12.8 Å². The zero-order valence-electron chi connectivity index (χ0n) is 12.2. The van der Waals surface area contributed by atoms with Gasteiger partial charge in [0.05, 0.1) is 4.92 Å². The van der Waals surface area contributed by atoms with E-state index in [4.69, 9.17) is 0 Å². The van der Waals surface area contributed by atoms with Gasteiger partial charge in [-0.25, -0.2) is 0 Å². The summed E-state index contributed by atoms with van der Waals surface area (Å²) in [4.78, 5) is 10.7. The fourth-order valence-electron chi connectivity index (χ4n) is 2.28. The Labute approximate surface area is 129 Å². The highest BCUT2D eigenvalue weighted by Crippen LogP contribution is 2.23. The molecule has 0 saturated heterocycles. The first kappa shape index (κ1) is 17.1. The molecule has 4 nitrogen and oxygen atoms in total. The molecule has 0 fully saturated rings. The maximum atomic E-state index is 11.0. The number of nitro groups is 1. The van der Waals surface area contributed by atoms with Gasteiger partial charge in [-0.05, 0) is 25.0 Å². The van der Waals surface area contributed by atoms with Crippen molar-refractivity contribution in [3.63, 3.8) is 0 Å². The lowest BCUT2D eigenvalue weighted by Crippen LogP contribution is -2.28. The van der Waals surface area contributed by atoms with E-state index in [-0.39, 0.29) is 10.6 Å². The lowest BCUT2D eigenvalue weighted by Gasteiger charge is -2.18. The smallest absolute Gasteiger partial charge is 0.273 e. The van der Waals surface area contributed by atoms with Gasteiger partial charge >= 0.3 is 0 Å². The highest BCUT2D eigenvalue weighted by atomic mass is 79.9. The zero-order chi connectivity index (χ0) is 15.0. The van der Waals surface area contributed by atoms with Crippen LogP contribution >= 0.6 is 15.9 Å². The van der Waals surface area contributed by atoms with Crippen LogP contribution in [0.2, 0.25) is 0 Å². The van der Waals surface area contributed by atoms with E-state index in [1.807, 2.05) is 6.07 Å². The molecule has 0 aliphatic heterocycles. The van der Waals surface area contributed by atoms with Gasteiger partial charge in [0.25, 0.3) is 5.69 Å². The Morgan fingerprint density at radius 2 is 2.05 bits per heavy atom. The van der Waals surface area contributed by atoms with E-state index in [0.717, 1.165) is 29.3 Å². The molecule has 0 bridgehead atoms. The van der Waals surface area contributed by atoms with Crippen LogP contribution in [0.3, 0.4) is 0 Å². The molecule has 5 heteroatoms. The Bertz CT molecular complexity index is 438. The summed E-state index contributed by atoms with van der Waals surface area (Å²) in [5, 5.41) is 14.5. The van der Waals surface area contributed by atoms with Crippen molar-refractivity contribution in [3.8, 4) is 0 Å². The van der Waals surface area contributed by atoms with Crippen LogP contribution in [-0.2, 0) is 6.54 Å². The first-order chi connectivity index (χ1) is 9.58. The van der Waals surface area contributed by atoms with Gasteiger partial charge in [0.15, 0.2) is 0 Å². The summed E-state index contributed by atoms with van der Waals surface area (Å²) >= 11 is 3.37. The molecule has 0 heterocycles. The zero-order valence-corrected chi connectivity index (χ0v) is 13.8. The highest BCUT2D eigenvalue weighted by Gasteiger charge is 2.15. The van der Waals surface area contributed by atoms with Crippen molar-refractivity contribution in [1.82, 2.24) is 5.32 Å². The van der Waals surface area contributed by atoms with Gasteiger partial charge < -0.3 is 5.32 Å². The average Bonchev–Trinajstić information content (AvgIpc) is 2.41. The number of rotatable bonds is 9. The van der Waals surface area contributed by atoms with Crippen LogP contribution < -0.4 is 5.32 Å². The maximum Gasteiger partial charge on any atom is 0.273 e. The number of halogens is 1. The third-order valence-electron chi connectivity index (χ3n) is 3.36. The van der Waals surface area contributed by atoms with Gasteiger partial charge in [-0.2, -0.15) is 0 Å². The molecule has 1 rings (SSSR count). The Kier molecular flexibility index (Phi) is 7.77. The second kappa shape index (κ2) is 9.08. The largest absolute Gasteiger partial charge is 0.310 e. The van der Waals surface area contributed by atoms with Crippen molar-refractivity contribution in [2.24, 2.45) is 0 Å². The number of nitrogens with zero attached hydrogens (tertiary/aromatic N) is 1. The summed E-state index contributed by atoms with van der Waals surface area (Å²) in [6.45, 7) is 4.90. The molecule has 20 heavy (non-hydrogen) atoms. The minimum absolute atomic E-state index is 0.187. The second-order valence-corrected chi connectivity index (χ2v) is 5.95. The van der Waals surface area contributed by atoms with Gasteiger partial charge in [-0.3, -0.25) is 10.1 Å². The van der Waals surface area contributed by atoms with Crippen LogP contribution in [0.4, 0.5) is 5.69 Å². The average molecular weight is 343 g/mol. The molecule has 1 N–H and O–H groups in total. The first-order valence-corrected chi connectivity index (χ1v) is 8.04. The van der Waals surface area contributed by atoms with Crippen LogP contribution in [0, 0.1) is 10.1 Å². The summed E-state index contributed by atoms with van der Waals surface area (Å²) in [6.07, 6.45) is 5.74. The van der Waals surface area contributed by atoms with Crippen molar-refractivity contribution in [2.75, 3.05) is 0 Å². The topological polar surface area (TPSA) is 55.2 Å². The van der Waals surface area contributed by atoms with Crippen molar-refractivity contribution >= 4 is 21.6 Å². The normalized spacial score (nSPS) is 12.3. The molecule has 0 aromatic heterocycles. The molecule has 0 aliphatic rings. The Hall–Kier alpha value is -0.940. The van der Waals surface area contributed by atoms with Gasteiger partial charge in [-0.15, -0.1) is 0 Å². The molecular weight excluding hydrogens is 320 g/mol. The Morgan fingerprint density at radius 3 is 2.65 bits per heavy atom. The van der Waals surface area contributed by atoms with Crippen molar-refractivity contribution < 1.29 is 4.92 Å². The van der Waals surface area contributed by atoms with Crippen LogP contribution in [0.15, 0.2) is 22.7 Å². The lowest BCUT2D eigenvalue weighted by atomic mass is 10.0.